The van der Waals surface area contributed by atoms with E-state index in [0.29, 0.717) is 30.0 Å². The van der Waals surface area contributed by atoms with E-state index in [4.69, 9.17) is 18.0 Å². The summed E-state index contributed by atoms with van der Waals surface area (Å²) in [5.74, 6) is 0.198. The van der Waals surface area contributed by atoms with Gasteiger partial charge in [0.25, 0.3) is 0 Å². The largest absolute Gasteiger partial charge is 0.393 e. The summed E-state index contributed by atoms with van der Waals surface area (Å²) >= 11 is 4.87. The Labute approximate surface area is 109 Å². The number of carbonyl (C=O) groups is 1. The second-order valence-electron chi connectivity index (χ2n) is 5.02. The van der Waals surface area contributed by atoms with Crippen LogP contribution in [-0.4, -0.2) is 52.9 Å². The first-order valence-corrected chi connectivity index (χ1v) is 6.60. The van der Waals surface area contributed by atoms with Gasteiger partial charge in [-0.25, -0.2) is 0 Å². The molecule has 17 heavy (non-hydrogen) atoms. The van der Waals surface area contributed by atoms with E-state index in [1.807, 2.05) is 11.9 Å². The third-order valence-corrected chi connectivity index (χ3v) is 3.41. The maximum Gasteiger partial charge on any atom is 0.236 e. The maximum absolute atomic E-state index is 12.0. The lowest BCUT2D eigenvalue weighted by molar-refractivity contribution is -0.132. The standard InChI is InChI=1S/C12H23N3OS/c1-9(2)15(7-6-11(13)17)8-12(16)14(3)10-4-5-10/h9-10H,4-8H2,1-3H3,(H2,13,17). The van der Waals surface area contributed by atoms with Crippen LogP contribution in [0.2, 0.25) is 0 Å². The zero-order valence-corrected chi connectivity index (χ0v) is 11.8. The molecule has 1 aliphatic carbocycles. The van der Waals surface area contributed by atoms with Crippen molar-refractivity contribution in [3.8, 4) is 0 Å². The Morgan fingerprint density at radius 1 is 1.47 bits per heavy atom. The van der Waals surface area contributed by atoms with Gasteiger partial charge in [0.15, 0.2) is 0 Å². The molecule has 4 nitrogen and oxygen atoms in total. The van der Waals surface area contributed by atoms with Crippen LogP contribution >= 0.6 is 12.2 Å². The topological polar surface area (TPSA) is 49.6 Å². The summed E-state index contributed by atoms with van der Waals surface area (Å²) in [6, 6.07) is 0.813. The number of likely N-dealkylation sites (N-methyl/N-ethyl adjacent to an activating group) is 1. The lowest BCUT2D eigenvalue weighted by Gasteiger charge is -2.28. The Morgan fingerprint density at radius 2 is 2.06 bits per heavy atom. The average molecular weight is 257 g/mol. The molecular formula is C12H23N3OS. The third-order valence-electron chi connectivity index (χ3n) is 3.20. The van der Waals surface area contributed by atoms with Gasteiger partial charge in [0.05, 0.1) is 11.5 Å². The van der Waals surface area contributed by atoms with Crippen molar-refractivity contribution in [1.82, 2.24) is 9.80 Å². The molecule has 2 N–H and O–H groups in total. The number of nitrogens with two attached hydrogens (primary N) is 1. The Balaban J connectivity index is 2.41. The Kier molecular flexibility index (Phi) is 5.33. The van der Waals surface area contributed by atoms with Gasteiger partial charge in [0, 0.05) is 32.1 Å². The van der Waals surface area contributed by atoms with Crippen molar-refractivity contribution in [2.75, 3.05) is 20.1 Å². The number of thiocarbonyl (C=S) groups is 1. The molecule has 1 amide bonds. The summed E-state index contributed by atoms with van der Waals surface area (Å²) in [6.07, 6.45) is 2.97. The van der Waals surface area contributed by atoms with E-state index in [9.17, 15) is 4.79 Å². The molecule has 0 aromatic carbocycles. The van der Waals surface area contributed by atoms with Gasteiger partial charge >= 0.3 is 0 Å². The molecule has 0 radical (unpaired) electrons. The maximum atomic E-state index is 12.0. The zero-order chi connectivity index (χ0) is 13.0. The molecule has 0 aliphatic heterocycles. The van der Waals surface area contributed by atoms with E-state index in [0.717, 1.165) is 19.4 Å². The van der Waals surface area contributed by atoms with Crippen LogP contribution in [0, 0.1) is 0 Å². The second kappa shape index (κ2) is 6.31. The molecule has 98 valence electrons. The third kappa shape index (κ3) is 5.00. The molecule has 0 unspecified atom stereocenters. The highest BCUT2D eigenvalue weighted by Crippen LogP contribution is 2.25. The van der Waals surface area contributed by atoms with Crippen molar-refractivity contribution >= 4 is 23.1 Å². The highest BCUT2D eigenvalue weighted by atomic mass is 32.1. The fraction of sp³-hybridized carbons (Fsp3) is 0.833. The van der Waals surface area contributed by atoms with Gasteiger partial charge < -0.3 is 10.6 Å². The van der Waals surface area contributed by atoms with Gasteiger partial charge in [-0.15, -0.1) is 0 Å². The lowest BCUT2D eigenvalue weighted by atomic mass is 10.2. The number of hydrogen-bond donors (Lipinski definition) is 1. The molecule has 1 saturated carbocycles. The summed E-state index contributed by atoms with van der Waals surface area (Å²) in [5, 5.41) is 0. The minimum Gasteiger partial charge on any atom is -0.393 e. The van der Waals surface area contributed by atoms with Crippen molar-refractivity contribution < 1.29 is 4.79 Å². The molecule has 0 aromatic heterocycles. The van der Waals surface area contributed by atoms with Crippen LogP contribution in [0.4, 0.5) is 0 Å². The summed E-state index contributed by atoms with van der Waals surface area (Å²) in [6.45, 7) is 5.40. The molecule has 1 fully saturated rings. The van der Waals surface area contributed by atoms with Gasteiger partial charge in [-0.3, -0.25) is 9.69 Å². The van der Waals surface area contributed by atoms with Crippen molar-refractivity contribution in [1.29, 1.82) is 0 Å². The summed E-state index contributed by atoms with van der Waals surface area (Å²) in [5.41, 5.74) is 5.50. The fourth-order valence-electron chi connectivity index (χ4n) is 1.72. The molecule has 0 saturated heterocycles. The summed E-state index contributed by atoms with van der Waals surface area (Å²) in [7, 11) is 1.89. The second-order valence-corrected chi connectivity index (χ2v) is 5.54. The van der Waals surface area contributed by atoms with Crippen LogP contribution in [0.15, 0.2) is 0 Å². The molecular weight excluding hydrogens is 234 g/mol. The Hall–Kier alpha value is -0.680. The first kappa shape index (κ1) is 14.4. The Morgan fingerprint density at radius 3 is 2.47 bits per heavy atom. The van der Waals surface area contributed by atoms with Gasteiger partial charge in [-0.2, -0.15) is 0 Å². The van der Waals surface area contributed by atoms with Gasteiger partial charge in [0.2, 0.25) is 5.91 Å². The highest BCUT2D eigenvalue weighted by Gasteiger charge is 2.30. The average Bonchev–Trinajstić information content (AvgIpc) is 3.05. The fourth-order valence-corrected chi connectivity index (χ4v) is 1.82. The first-order chi connectivity index (χ1) is 7.91. The molecule has 0 aromatic rings. The van der Waals surface area contributed by atoms with E-state index in [2.05, 4.69) is 18.7 Å². The van der Waals surface area contributed by atoms with Crippen molar-refractivity contribution in [3.05, 3.63) is 0 Å². The van der Waals surface area contributed by atoms with Crippen molar-refractivity contribution in [2.24, 2.45) is 5.73 Å². The van der Waals surface area contributed by atoms with Gasteiger partial charge in [-0.05, 0) is 26.7 Å². The van der Waals surface area contributed by atoms with Crippen LogP contribution in [0.1, 0.15) is 33.1 Å². The van der Waals surface area contributed by atoms with Crippen molar-refractivity contribution in [3.63, 3.8) is 0 Å². The smallest absolute Gasteiger partial charge is 0.236 e. The van der Waals surface area contributed by atoms with Crippen LogP contribution in [0.3, 0.4) is 0 Å². The quantitative estimate of drug-likeness (QED) is 0.691. The van der Waals surface area contributed by atoms with Crippen LogP contribution < -0.4 is 5.73 Å². The monoisotopic (exact) mass is 257 g/mol. The number of hydrogen-bond acceptors (Lipinski definition) is 3. The van der Waals surface area contributed by atoms with E-state index < -0.39 is 0 Å². The number of rotatable bonds is 7. The van der Waals surface area contributed by atoms with Crippen LogP contribution in [0.25, 0.3) is 0 Å². The van der Waals surface area contributed by atoms with E-state index in [-0.39, 0.29) is 5.91 Å². The molecule has 0 heterocycles. The van der Waals surface area contributed by atoms with Gasteiger partial charge in [-0.1, -0.05) is 12.2 Å². The van der Waals surface area contributed by atoms with Crippen LogP contribution in [0.5, 0.6) is 0 Å². The first-order valence-electron chi connectivity index (χ1n) is 6.19. The Bertz CT molecular complexity index is 289. The van der Waals surface area contributed by atoms with Crippen LogP contribution in [-0.2, 0) is 4.79 Å². The van der Waals surface area contributed by atoms with E-state index >= 15 is 0 Å². The predicted octanol–water partition coefficient (Wildman–Crippen LogP) is 0.994. The number of carbonyl (C=O) groups excluding carboxylic acids is 1. The normalized spacial score (nSPS) is 15.4. The SMILES string of the molecule is CC(C)N(CCC(N)=S)CC(=O)N(C)C1CC1. The zero-order valence-electron chi connectivity index (χ0n) is 11.0. The predicted molar refractivity (Wildman–Crippen MR) is 73.9 cm³/mol. The minimum absolute atomic E-state index is 0.198. The molecule has 0 atom stereocenters. The van der Waals surface area contributed by atoms with E-state index in [1.165, 1.54) is 0 Å². The van der Waals surface area contributed by atoms with E-state index in [1.54, 1.807) is 0 Å². The lowest BCUT2D eigenvalue weighted by Crippen LogP contribution is -2.43. The molecule has 0 spiro atoms. The highest BCUT2D eigenvalue weighted by molar-refractivity contribution is 7.80. The molecule has 1 rings (SSSR count). The molecule has 5 heteroatoms. The number of amides is 1. The molecule has 1 aliphatic rings. The number of nitrogens with zero attached hydrogens (tertiary/aromatic N) is 2. The van der Waals surface area contributed by atoms with Crippen molar-refractivity contribution in [2.45, 2.75) is 45.2 Å². The molecule has 0 bridgehead atoms. The minimum atomic E-state index is 0.198. The van der Waals surface area contributed by atoms with Gasteiger partial charge in [0.1, 0.15) is 0 Å². The summed E-state index contributed by atoms with van der Waals surface area (Å²) in [4.78, 5) is 16.5. The summed E-state index contributed by atoms with van der Waals surface area (Å²) < 4.78 is 0.